The Labute approximate surface area is 162 Å². The summed E-state index contributed by atoms with van der Waals surface area (Å²) in [5.41, 5.74) is 2.62. The van der Waals surface area contributed by atoms with Crippen molar-refractivity contribution in [3.05, 3.63) is 59.7 Å². The minimum Gasteiger partial charge on any atom is -0.302 e. The highest BCUT2D eigenvalue weighted by molar-refractivity contribution is 7.91. The lowest BCUT2D eigenvalue weighted by Crippen LogP contribution is -2.14. The monoisotopic (exact) mass is 401 g/mol. The summed E-state index contributed by atoms with van der Waals surface area (Å²) < 4.78 is 24.6. The number of rotatable bonds is 7. The number of benzene rings is 1. The zero-order valence-corrected chi connectivity index (χ0v) is 16.4. The molecule has 3 aromatic rings. The van der Waals surface area contributed by atoms with Crippen LogP contribution in [0, 0.1) is 6.92 Å². The van der Waals surface area contributed by atoms with E-state index in [1.165, 1.54) is 11.3 Å². The quantitative estimate of drug-likeness (QED) is 0.652. The van der Waals surface area contributed by atoms with E-state index >= 15 is 0 Å². The van der Waals surface area contributed by atoms with Gasteiger partial charge < -0.3 is 5.32 Å². The molecule has 0 spiro atoms. The van der Waals surface area contributed by atoms with Crippen molar-refractivity contribution in [2.75, 3.05) is 11.1 Å². The molecule has 0 radical (unpaired) electrons. The highest BCUT2D eigenvalue weighted by atomic mass is 32.2. The van der Waals surface area contributed by atoms with Crippen molar-refractivity contribution >= 4 is 32.2 Å². The van der Waals surface area contributed by atoms with Crippen molar-refractivity contribution in [2.45, 2.75) is 24.7 Å². The molecule has 1 N–H and O–H groups in total. The van der Waals surface area contributed by atoms with Gasteiger partial charge in [0.05, 0.1) is 16.3 Å². The third-order valence-electron chi connectivity index (χ3n) is 3.90. The number of hydrogen-bond donors (Lipinski definition) is 1. The van der Waals surface area contributed by atoms with E-state index in [1.54, 1.807) is 36.7 Å². The average Bonchev–Trinajstić information content (AvgIpc) is 3.11. The molecule has 2 heterocycles. The van der Waals surface area contributed by atoms with Gasteiger partial charge >= 0.3 is 0 Å². The number of sulfone groups is 1. The molecule has 0 fully saturated rings. The molecule has 6 nitrogen and oxygen atoms in total. The first kappa shape index (κ1) is 19.2. The summed E-state index contributed by atoms with van der Waals surface area (Å²) in [5.74, 6) is -0.316. The number of aryl methyl sites for hydroxylation is 1. The van der Waals surface area contributed by atoms with Crippen LogP contribution in [0.1, 0.15) is 18.4 Å². The van der Waals surface area contributed by atoms with Gasteiger partial charge in [-0.25, -0.2) is 13.4 Å². The molecule has 2 aromatic heterocycles. The van der Waals surface area contributed by atoms with Crippen LogP contribution in [-0.2, 0) is 14.6 Å². The fourth-order valence-electron chi connectivity index (χ4n) is 2.45. The molecular formula is C19H19N3O3S2. The standard InChI is InChI=1S/C19H19N3O3S2/c1-14-6-8-16(9-7-14)27(24,25)11-3-5-18(23)22-19-21-17(13-26-19)15-4-2-10-20-12-15/h2,4,6-10,12-13H,3,5,11H2,1H3,(H,21,22,23). The number of aromatic nitrogens is 2. The number of hydrogen-bond acceptors (Lipinski definition) is 6. The largest absolute Gasteiger partial charge is 0.302 e. The van der Waals surface area contributed by atoms with E-state index in [0.29, 0.717) is 5.13 Å². The van der Waals surface area contributed by atoms with Crippen molar-refractivity contribution < 1.29 is 13.2 Å². The molecule has 0 atom stereocenters. The Bertz CT molecular complexity index is 1010. The molecule has 0 aliphatic rings. The number of pyridine rings is 1. The second-order valence-electron chi connectivity index (χ2n) is 6.06. The highest BCUT2D eigenvalue weighted by Crippen LogP contribution is 2.24. The molecule has 8 heteroatoms. The van der Waals surface area contributed by atoms with E-state index in [1.807, 2.05) is 24.4 Å². The van der Waals surface area contributed by atoms with Gasteiger partial charge in [0.15, 0.2) is 15.0 Å². The van der Waals surface area contributed by atoms with Crippen molar-refractivity contribution in [3.8, 4) is 11.3 Å². The van der Waals surface area contributed by atoms with Crippen LogP contribution < -0.4 is 5.32 Å². The minimum absolute atomic E-state index is 0.0672. The van der Waals surface area contributed by atoms with Crippen molar-refractivity contribution in [1.82, 2.24) is 9.97 Å². The molecule has 0 aliphatic heterocycles. The second-order valence-corrected chi connectivity index (χ2v) is 9.03. The normalized spacial score (nSPS) is 11.3. The first-order valence-corrected chi connectivity index (χ1v) is 10.9. The van der Waals surface area contributed by atoms with Crippen LogP contribution in [0.4, 0.5) is 5.13 Å². The smallest absolute Gasteiger partial charge is 0.226 e. The van der Waals surface area contributed by atoms with Crippen molar-refractivity contribution in [3.63, 3.8) is 0 Å². The second kappa shape index (κ2) is 8.41. The third-order valence-corrected chi connectivity index (χ3v) is 6.48. The summed E-state index contributed by atoms with van der Waals surface area (Å²) in [5, 5.41) is 5.05. The van der Waals surface area contributed by atoms with Crippen molar-refractivity contribution in [2.24, 2.45) is 0 Å². The number of anilines is 1. The lowest BCUT2D eigenvalue weighted by Gasteiger charge is -2.05. The Balaban J connectivity index is 1.51. The van der Waals surface area contributed by atoms with Crippen LogP contribution in [0.25, 0.3) is 11.3 Å². The first-order chi connectivity index (χ1) is 12.9. The zero-order valence-electron chi connectivity index (χ0n) is 14.8. The fourth-order valence-corrected chi connectivity index (χ4v) is 4.49. The maximum Gasteiger partial charge on any atom is 0.226 e. The van der Waals surface area contributed by atoms with Gasteiger partial charge in [-0.2, -0.15) is 0 Å². The Kier molecular flexibility index (Phi) is 5.98. The lowest BCUT2D eigenvalue weighted by atomic mass is 10.2. The Hall–Kier alpha value is -2.58. The van der Waals surface area contributed by atoms with Crippen LogP contribution in [-0.4, -0.2) is 30.0 Å². The molecule has 140 valence electrons. The Morgan fingerprint density at radius 2 is 1.96 bits per heavy atom. The van der Waals surface area contributed by atoms with E-state index in [0.717, 1.165) is 16.8 Å². The van der Waals surface area contributed by atoms with Gasteiger partial charge in [-0.1, -0.05) is 17.7 Å². The van der Waals surface area contributed by atoms with E-state index in [-0.39, 0.29) is 29.4 Å². The summed E-state index contributed by atoms with van der Waals surface area (Å²) >= 11 is 1.32. The average molecular weight is 402 g/mol. The topological polar surface area (TPSA) is 89.0 Å². The first-order valence-electron chi connectivity index (χ1n) is 8.39. The maximum absolute atomic E-state index is 12.3. The van der Waals surface area contributed by atoms with Gasteiger partial charge in [-0.05, 0) is 37.6 Å². The van der Waals surface area contributed by atoms with Crippen molar-refractivity contribution in [1.29, 1.82) is 0 Å². The minimum atomic E-state index is -3.38. The fraction of sp³-hybridized carbons (Fsp3) is 0.211. The SMILES string of the molecule is Cc1ccc(S(=O)(=O)CCCC(=O)Nc2nc(-c3cccnc3)cs2)cc1. The maximum atomic E-state index is 12.3. The number of thiazole rings is 1. The van der Waals surface area contributed by atoms with Crippen LogP contribution in [0.15, 0.2) is 59.1 Å². The summed E-state index contributed by atoms with van der Waals surface area (Å²) in [4.78, 5) is 20.8. The predicted octanol–water partition coefficient (Wildman–Crippen LogP) is 3.71. The molecule has 27 heavy (non-hydrogen) atoms. The summed E-state index contributed by atoms with van der Waals surface area (Å²) in [6, 6.07) is 10.4. The van der Waals surface area contributed by atoms with Gasteiger partial charge in [-0.15, -0.1) is 11.3 Å². The third kappa shape index (κ3) is 5.21. The number of nitrogens with one attached hydrogen (secondary N) is 1. The van der Waals surface area contributed by atoms with E-state index in [2.05, 4.69) is 15.3 Å². The van der Waals surface area contributed by atoms with Crippen LogP contribution in [0.5, 0.6) is 0 Å². The molecule has 3 rings (SSSR count). The van der Waals surface area contributed by atoms with Crippen LogP contribution >= 0.6 is 11.3 Å². The molecule has 0 saturated heterocycles. The van der Waals surface area contributed by atoms with E-state index in [4.69, 9.17) is 0 Å². The Morgan fingerprint density at radius 1 is 1.19 bits per heavy atom. The predicted molar refractivity (Wildman–Crippen MR) is 106 cm³/mol. The molecular weight excluding hydrogens is 382 g/mol. The lowest BCUT2D eigenvalue weighted by molar-refractivity contribution is -0.116. The highest BCUT2D eigenvalue weighted by Gasteiger charge is 2.15. The van der Waals surface area contributed by atoms with Gasteiger partial charge in [0.2, 0.25) is 5.91 Å². The summed E-state index contributed by atoms with van der Waals surface area (Å²) in [6.45, 7) is 1.90. The summed E-state index contributed by atoms with van der Waals surface area (Å²) in [7, 11) is -3.38. The van der Waals surface area contributed by atoms with Gasteiger partial charge in [0, 0.05) is 29.8 Å². The Morgan fingerprint density at radius 3 is 2.67 bits per heavy atom. The zero-order chi connectivity index (χ0) is 19.3. The molecule has 0 bridgehead atoms. The van der Waals surface area contributed by atoms with E-state index in [9.17, 15) is 13.2 Å². The molecule has 1 amide bonds. The van der Waals surface area contributed by atoms with Gasteiger partial charge in [0.25, 0.3) is 0 Å². The number of nitrogens with zero attached hydrogens (tertiary/aromatic N) is 2. The number of amides is 1. The van der Waals surface area contributed by atoms with E-state index < -0.39 is 9.84 Å². The molecule has 0 aliphatic carbocycles. The molecule has 0 saturated carbocycles. The molecule has 1 aromatic carbocycles. The van der Waals surface area contributed by atoms with Gasteiger partial charge in [-0.3, -0.25) is 9.78 Å². The van der Waals surface area contributed by atoms with Crippen LogP contribution in [0.2, 0.25) is 0 Å². The summed E-state index contributed by atoms with van der Waals surface area (Å²) in [6.07, 6.45) is 3.76. The van der Waals surface area contributed by atoms with Crippen LogP contribution in [0.3, 0.4) is 0 Å². The number of carbonyl (C=O) groups excluding carboxylic acids is 1. The van der Waals surface area contributed by atoms with Gasteiger partial charge in [0.1, 0.15) is 0 Å². The molecule has 0 unspecified atom stereocenters. The number of carbonyl (C=O) groups is 1.